The second-order valence-electron chi connectivity index (χ2n) is 6.22. The van der Waals surface area contributed by atoms with Crippen LogP contribution in [-0.4, -0.2) is 27.3 Å². The lowest BCUT2D eigenvalue weighted by molar-refractivity contribution is 0.251. The molecule has 0 radical (unpaired) electrons. The van der Waals surface area contributed by atoms with E-state index in [1.54, 1.807) is 0 Å². The third kappa shape index (κ3) is 3.74. The summed E-state index contributed by atoms with van der Waals surface area (Å²) in [6, 6.07) is 12.6. The third-order valence-corrected chi connectivity index (χ3v) is 4.34. The van der Waals surface area contributed by atoms with Crippen molar-refractivity contribution in [3.05, 3.63) is 71.9 Å². The predicted molar refractivity (Wildman–Crippen MR) is 94.9 cm³/mol. The zero-order valence-electron chi connectivity index (χ0n) is 14.1. The summed E-state index contributed by atoms with van der Waals surface area (Å²) in [7, 11) is 0. The van der Waals surface area contributed by atoms with E-state index in [1.807, 2.05) is 30.3 Å². The number of nitrogens with zero attached hydrogens (tertiary/aromatic N) is 3. The molecule has 0 unspecified atom stereocenters. The molecule has 1 aliphatic carbocycles. The summed E-state index contributed by atoms with van der Waals surface area (Å²) in [5, 5.41) is 12.9. The normalized spacial score (nSPS) is 18.0. The van der Waals surface area contributed by atoms with Crippen LogP contribution < -0.4 is 10.6 Å². The van der Waals surface area contributed by atoms with Crippen LogP contribution in [0.1, 0.15) is 17.9 Å². The number of anilines is 1. The average molecular weight is 367 g/mol. The number of hydrogen-bond acceptors (Lipinski definition) is 4. The van der Waals surface area contributed by atoms with Gasteiger partial charge in [-0.15, -0.1) is 5.10 Å². The number of rotatable bonds is 4. The van der Waals surface area contributed by atoms with Gasteiger partial charge < -0.3 is 5.32 Å². The molecule has 1 fully saturated rings. The zero-order valence-corrected chi connectivity index (χ0v) is 14.1. The quantitative estimate of drug-likeness (QED) is 0.740. The standard InChI is InChI=1S/C19H15F2N5O/c20-14-8-4-7-12(17(14)21)13-9-15(13)24-19(27)25-18-23-16(10-22-26-18)11-5-2-1-3-6-11/h1-8,10,13,15H,9H2,(H2,23,24,25,26,27)/t13-,15-/m0/s1. The Bertz CT molecular complexity index is 983. The van der Waals surface area contributed by atoms with E-state index in [0.717, 1.165) is 11.6 Å². The van der Waals surface area contributed by atoms with Crippen LogP contribution >= 0.6 is 0 Å². The van der Waals surface area contributed by atoms with Gasteiger partial charge >= 0.3 is 6.03 Å². The lowest BCUT2D eigenvalue weighted by Gasteiger charge is -2.07. The molecule has 1 saturated carbocycles. The number of amides is 2. The van der Waals surface area contributed by atoms with Gasteiger partial charge in [0, 0.05) is 17.5 Å². The predicted octanol–water partition coefficient (Wildman–Crippen LogP) is 3.49. The maximum atomic E-state index is 13.8. The van der Waals surface area contributed by atoms with E-state index in [1.165, 1.54) is 18.3 Å². The second-order valence-corrected chi connectivity index (χ2v) is 6.22. The highest BCUT2D eigenvalue weighted by molar-refractivity contribution is 5.88. The van der Waals surface area contributed by atoms with Crippen LogP contribution in [-0.2, 0) is 0 Å². The fourth-order valence-corrected chi connectivity index (χ4v) is 2.92. The molecule has 2 N–H and O–H groups in total. The minimum atomic E-state index is -0.889. The molecule has 2 amide bonds. The molecule has 1 heterocycles. The maximum Gasteiger partial charge on any atom is 0.321 e. The number of aromatic nitrogens is 3. The minimum absolute atomic E-state index is 0.0583. The first-order valence-electron chi connectivity index (χ1n) is 8.38. The molecule has 0 aliphatic heterocycles. The largest absolute Gasteiger partial charge is 0.334 e. The molecule has 1 aliphatic rings. The molecule has 2 aromatic carbocycles. The fraction of sp³-hybridized carbons (Fsp3) is 0.158. The smallest absolute Gasteiger partial charge is 0.321 e. The Morgan fingerprint density at radius 3 is 2.70 bits per heavy atom. The Morgan fingerprint density at radius 1 is 1.07 bits per heavy atom. The number of urea groups is 1. The van der Waals surface area contributed by atoms with Crippen LogP contribution in [0.25, 0.3) is 11.3 Å². The molecule has 2 atom stereocenters. The number of carbonyl (C=O) groups excluding carboxylic acids is 1. The molecule has 0 bridgehead atoms. The summed E-state index contributed by atoms with van der Waals surface area (Å²) in [6.45, 7) is 0. The zero-order chi connectivity index (χ0) is 18.8. The first kappa shape index (κ1) is 17.0. The second kappa shape index (κ2) is 7.06. The monoisotopic (exact) mass is 367 g/mol. The highest BCUT2D eigenvalue weighted by atomic mass is 19.2. The van der Waals surface area contributed by atoms with E-state index in [9.17, 15) is 13.6 Å². The average Bonchev–Trinajstić information content (AvgIpc) is 3.43. The molecule has 6 nitrogen and oxygen atoms in total. The van der Waals surface area contributed by atoms with Gasteiger partial charge in [0.05, 0.1) is 11.9 Å². The van der Waals surface area contributed by atoms with Crippen molar-refractivity contribution in [3.63, 3.8) is 0 Å². The van der Waals surface area contributed by atoms with E-state index in [-0.39, 0.29) is 23.5 Å². The molecule has 1 aromatic heterocycles. The maximum absolute atomic E-state index is 13.8. The van der Waals surface area contributed by atoms with Gasteiger partial charge in [0.1, 0.15) is 0 Å². The van der Waals surface area contributed by atoms with Gasteiger partial charge in [-0.2, -0.15) is 5.10 Å². The molecule has 4 rings (SSSR count). The van der Waals surface area contributed by atoms with Crippen molar-refractivity contribution in [1.82, 2.24) is 20.5 Å². The van der Waals surface area contributed by atoms with Crippen molar-refractivity contribution in [2.24, 2.45) is 0 Å². The van der Waals surface area contributed by atoms with Gasteiger partial charge in [-0.25, -0.2) is 18.6 Å². The van der Waals surface area contributed by atoms with Crippen molar-refractivity contribution in [2.75, 3.05) is 5.32 Å². The number of hydrogen-bond donors (Lipinski definition) is 2. The fourth-order valence-electron chi connectivity index (χ4n) is 2.92. The Balaban J connectivity index is 1.39. The molecule has 3 aromatic rings. The first-order valence-corrected chi connectivity index (χ1v) is 8.38. The van der Waals surface area contributed by atoms with E-state index < -0.39 is 17.7 Å². The van der Waals surface area contributed by atoms with E-state index in [4.69, 9.17) is 0 Å². The summed E-state index contributed by atoms with van der Waals surface area (Å²) in [4.78, 5) is 16.4. The number of benzene rings is 2. The Kier molecular flexibility index (Phi) is 4.45. The molecular formula is C19H15F2N5O. The highest BCUT2D eigenvalue weighted by Gasteiger charge is 2.41. The molecule has 0 spiro atoms. The number of halogens is 2. The highest BCUT2D eigenvalue weighted by Crippen LogP contribution is 2.42. The topological polar surface area (TPSA) is 79.8 Å². The van der Waals surface area contributed by atoms with E-state index in [0.29, 0.717) is 12.1 Å². The Hall–Kier alpha value is -3.42. The lowest BCUT2D eigenvalue weighted by atomic mass is 10.1. The molecule has 27 heavy (non-hydrogen) atoms. The van der Waals surface area contributed by atoms with Gasteiger partial charge in [-0.3, -0.25) is 5.32 Å². The molecular weight excluding hydrogens is 352 g/mol. The first-order chi connectivity index (χ1) is 13.1. The van der Waals surface area contributed by atoms with Crippen LogP contribution in [0.2, 0.25) is 0 Å². The van der Waals surface area contributed by atoms with Crippen molar-refractivity contribution in [2.45, 2.75) is 18.4 Å². The summed E-state index contributed by atoms with van der Waals surface area (Å²) in [6.07, 6.45) is 2.04. The lowest BCUT2D eigenvalue weighted by Crippen LogP contribution is -2.32. The van der Waals surface area contributed by atoms with E-state index in [2.05, 4.69) is 25.8 Å². The number of nitrogens with one attached hydrogen (secondary N) is 2. The molecule has 8 heteroatoms. The van der Waals surface area contributed by atoms with Crippen molar-refractivity contribution < 1.29 is 13.6 Å². The Morgan fingerprint density at radius 2 is 1.89 bits per heavy atom. The van der Waals surface area contributed by atoms with Crippen LogP contribution in [0.3, 0.4) is 0 Å². The third-order valence-electron chi connectivity index (χ3n) is 4.34. The van der Waals surface area contributed by atoms with Crippen molar-refractivity contribution in [3.8, 4) is 11.3 Å². The summed E-state index contributed by atoms with van der Waals surface area (Å²) < 4.78 is 27.1. The van der Waals surface area contributed by atoms with Crippen molar-refractivity contribution in [1.29, 1.82) is 0 Å². The SMILES string of the molecule is O=C(Nc1nncc(-c2ccccc2)n1)N[C@H]1C[C@H]1c1cccc(F)c1F. The van der Waals surface area contributed by atoms with Crippen LogP contribution in [0.5, 0.6) is 0 Å². The number of carbonyl (C=O) groups is 1. The van der Waals surface area contributed by atoms with Gasteiger partial charge in [-0.05, 0) is 18.1 Å². The van der Waals surface area contributed by atoms with Gasteiger partial charge in [0.2, 0.25) is 0 Å². The summed E-state index contributed by atoms with van der Waals surface area (Å²) in [5.74, 6) is -1.95. The van der Waals surface area contributed by atoms with Crippen LogP contribution in [0, 0.1) is 11.6 Å². The Labute approximate surface area is 153 Å². The molecule has 0 saturated heterocycles. The van der Waals surface area contributed by atoms with Crippen molar-refractivity contribution >= 4 is 12.0 Å². The molecule has 136 valence electrons. The van der Waals surface area contributed by atoms with Gasteiger partial charge in [-0.1, -0.05) is 42.5 Å². The summed E-state index contributed by atoms with van der Waals surface area (Å²) >= 11 is 0. The van der Waals surface area contributed by atoms with Gasteiger partial charge in [0.25, 0.3) is 5.95 Å². The van der Waals surface area contributed by atoms with Crippen LogP contribution in [0.15, 0.2) is 54.7 Å². The van der Waals surface area contributed by atoms with E-state index >= 15 is 0 Å². The minimum Gasteiger partial charge on any atom is -0.334 e. The summed E-state index contributed by atoms with van der Waals surface area (Å²) in [5.41, 5.74) is 1.69. The van der Waals surface area contributed by atoms with Crippen LogP contribution in [0.4, 0.5) is 19.5 Å². The van der Waals surface area contributed by atoms with Gasteiger partial charge in [0.15, 0.2) is 11.6 Å².